The molecule has 1 aromatic carbocycles. The molecule has 0 saturated carbocycles. The number of rotatable bonds is 6. The molecule has 1 aliphatic rings. The van der Waals surface area contributed by atoms with Gasteiger partial charge in [0.05, 0.1) is 5.75 Å². The standard InChI is InChI=1S/C15H24N2O2S2/c1-12(2)13-7-8-17(11-13)21(18,19)10-9-20-15-5-3-14(16)4-6-15/h3-6,12-13H,7-11,16H2,1-2H3. The maximum atomic E-state index is 12.3. The predicted molar refractivity (Wildman–Crippen MR) is 89.9 cm³/mol. The molecule has 118 valence electrons. The Kier molecular flexibility index (Phi) is 5.57. The fourth-order valence-corrected chi connectivity index (χ4v) is 5.31. The maximum Gasteiger partial charge on any atom is 0.214 e. The summed E-state index contributed by atoms with van der Waals surface area (Å²) in [5, 5.41) is 0. The van der Waals surface area contributed by atoms with Crippen LogP contribution < -0.4 is 5.73 Å². The molecule has 6 heteroatoms. The molecule has 0 radical (unpaired) electrons. The van der Waals surface area contributed by atoms with Crippen molar-refractivity contribution in [1.82, 2.24) is 4.31 Å². The van der Waals surface area contributed by atoms with E-state index in [-0.39, 0.29) is 5.75 Å². The van der Waals surface area contributed by atoms with E-state index >= 15 is 0 Å². The number of hydrogen-bond acceptors (Lipinski definition) is 4. The first kappa shape index (κ1) is 16.6. The molecule has 1 aromatic rings. The van der Waals surface area contributed by atoms with Crippen LogP contribution in [0.15, 0.2) is 29.2 Å². The highest BCUT2D eigenvalue weighted by Gasteiger charge is 2.32. The second-order valence-electron chi connectivity index (χ2n) is 5.88. The van der Waals surface area contributed by atoms with Crippen LogP contribution in [-0.4, -0.2) is 37.3 Å². The highest BCUT2D eigenvalue weighted by atomic mass is 32.2. The van der Waals surface area contributed by atoms with Crippen molar-refractivity contribution in [3.63, 3.8) is 0 Å². The van der Waals surface area contributed by atoms with Gasteiger partial charge in [-0.15, -0.1) is 11.8 Å². The van der Waals surface area contributed by atoms with E-state index in [4.69, 9.17) is 5.73 Å². The topological polar surface area (TPSA) is 63.4 Å². The fraction of sp³-hybridized carbons (Fsp3) is 0.600. The SMILES string of the molecule is CC(C)C1CCN(S(=O)(=O)CCSc2ccc(N)cc2)C1. The van der Waals surface area contributed by atoms with E-state index in [0.29, 0.717) is 30.7 Å². The zero-order valence-electron chi connectivity index (χ0n) is 12.7. The van der Waals surface area contributed by atoms with Crippen LogP contribution in [0.5, 0.6) is 0 Å². The number of nitrogens with zero attached hydrogens (tertiary/aromatic N) is 1. The van der Waals surface area contributed by atoms with Crippen molar-refractivity contribution in [3.05, 3.63) is 24.3 Å². The van der Waals surface area contributed by atoms with Crippen molar-refractivity contribution in [2.75, 3.05) is 30.3 Å². The van der Waals surface area contributed by atoms with Crippen molar-refractivity contribution < 1.29 is 8.42 Å². The number of benzene rings is 1. The lowest BCUT2D eigenvalue weighted by molar-refractivity contribution is 0.389. The molecule has 0 amide bonds. The summed E-state index contributed by atoms with van der Waals surface area (Å²) in [6.07, 6.45) is 0.988. The first-order valence-electron chi connectivity index (χ1n) is 7.34. The van der Waals surface area contributed by atoms with Gasteiger partial charge in [-0.2, -0.15) is 0 Å². The number of hydrogen-bond donors (Lipinski definition) is 1. The molecule has 0 aliphatic carbocycles. The molecule has 2 N–H and O–H groups in total. The monoisotopic (exact) mass is 328 g/mol. The molecule has 1 unspecified atom stereocenters. The Morgan fingerprint density at radius 3 is 2.57 bits per heavy atom. The molecule has 0 aromatic heterocycles. The normalized spacial score (nSPS) is 20.2. The van der Waals surface area contributed by atoms with Crippen molar-refractivity contribution in [3.8, 4) is 0 Å². The summed E-state index contributed by atoms with van der Waals surface area (Å²) < 4.78 is 26.3. The Morgan fingerprint density at radius 1 is 1.33 bits per heavy atom. The van der Waals surface area contributed by atoms with Gasteiger partial charge in [0.2, 0.25) is 10.0 Å². The van der Waals surface area contributed by atoms with Crippen LogP contribution in [0.4, 0.5) is 5.69 Å². The lowest BCUT2D eigenvalue weighted by Gasteiger charge is -2.18. The van der Waals surface area contributed by atoms with Crippen molar-refractivity contribution in [2.45, 2.75) is 25.2 Å². The summed E-state index contributed by atoms with van der Waals surface area (Å²) in [6, 6.07) is 7.53. The smallest absolute Gasteiger partial charge is 0.214 e. The van der Waals surface area contributed by atoms with E-state index in [1.165, 1.54) is 0 Å². The molecular formula is C15H24N2O2S2. The summed E-state index contributed by atoms with van der Waals surface area (Å²) in [6.45, 7) is 5.69. The average molecular weight is 329 g/mol. The van der Waals surface area contributed by atoms with Crippen molar-refractivity contribution in [1.29, 1.82) is 0 Å². The van der Waals surface area contributed by atoms with Crippen LogP contribution >= 0.6 is 11.8 Å². The largest absolute Gasteiger partial charge is 0.399 e. The van der Waals surface area contributed by atoms with E-state index in [0.717, 1.165) is 17.0 Å². The summed E-state index contributed by atoms with van der Waals surface area (Å²) in [5.74, 6) is 1.83. The zero-order chi connectivity index (χ0) is 15.5. The number of thioether (sulfide) groups is 1. The molecule has 1 fully saturated rings. The quantitative estimate of drug-likeness (QED) is 0.644. The van der Waals surface area contributed by atoms with E-state index < -0.39 is 10.0 Å². The molecule has 1 heterocycles. The van der Waals surface area contributed by atoms with Gasteiger partial charge in [-0.3, -0.25) is 0 Å². The lowest BCUT2D eigenvalue weighted by atomic mass is 9.96. The highest BCUT2D eigenvalue weighted by molar-refractivity contribution is 8.00. The third kappa shape index (κ3) is 4.63. The molecule has 1 atom stereocenters. The lowest BCUT2D eigenvalue weighted by Crippen LogP contribution is -2.32. The average Bonchev–Trinajstić information content (AvgIpc) is 2.91. The third-order valence-corrected chi connectivity index (χ3v) is 7.12. The Morgan fingerprint density at radius 2 is 2.00 bits per heavy atom. The molecule has 0 spiro atoms. The number of sulfonamides is 1. The molecule has 21 heavy (non-hydrogen) atoms. The van der Waals surface area contributed by atoms with Crippen LogP contribution in [0, 0.1) is 11.8 Å². The number of nitrogen functional groups attached to an aromatic ring is 1. The fourth-order valence-electron chi connectivity index (χ4n) is 2.51. The molecular weight excluding hydrogens is 304 g/mol. The zero-order valence-corrected chi connectivity index (χ0v) is 14.3. The van der Waals surface area contributed by atoms with Gasteiger partial charge >= 0.3 is 0 Å². The van der Waals surface area contributed by atoms with E-state index in [1.807, 2.05) is 24.3 Å². The van der Waals surface area contributed by atoms with Gasteiger partial charge in [-0.1, -0.05) is 13.8 Å². The first-order chi connectivity index (χ1) is 9.88. The van der Waals surface area contributed by atoms with Gasteiger partial charge in [0.1, 0.15) is 0 Å². The van der Waals surface area contributed by atoms with Gasteiger partial charge in [0, 0.05) is 29.4 Å². The molecule has 4 nitrogen and oxygen atoms in total. The maximum absolute atomic E-state index is 12.3. The molecule has 1 saturated heterocycles. The minimum absolute atomic E-state index is 0.201. The minimum Gasteiger partial charge on any atom is -0.399 e. The van der Waals surface area contributed by atoms with Crippen LogP contribution in [0.1, 0.15) is 20.3 Å². The summed E-state index contributed by atoms with van der Waals surface area (Å²) in [7, 11) is -3.12. The molecule has 2 rings (SSSR count). The Bertz CT molecular complexity index is 556. The van der Waals surface area contributed by atoms with Crippen molar-refractivity contribution in [2.24, 2.45) is 11.8 Å². The summed E-state index contributed by atoms with van der Waals surface area (Å²) >= 11 is 1.56. The van der Waals surface area contributed by atoms with E-state index in [9.17, 15) is 8.42 Å². The van der Waals surface area contributed by atoms with Gasteiger partial charge in [-0.25, -0.2) is 12.7 Å². The predicted octanol–water partition coefficient (Wildman–Crippen LogP) is 2.67. The van der Waals surface area contributed by atoms with Gasteiger partial charge in [-0.05, 0) is 42.5 Å². The van der Waals surface area contributed by atoms with Gasteiger partial charge in [0.25, 0.3) is 0 Å². The second-order valence-corrected chi connectivity index (χ2v) is 9.14. The molecule has 0 bridgehead atoms. The number of anilines is 1. The van der Waals surface area contributed by atoms with Crippen molar-refractivity contribution >= 4 is 27.5 Å². The summed E-state index contributed by atoms with van der Waals surface area (Å²) in [4.78, 5) is 1.06. The van der Waals surface area contributed by atoms with Gasteiger partial charge in [0.15, 0.2) is 0 Å². The highest BCUT2D eigenvalue weighted by Crippen LogP contribution is 2.26. The Labute approximate surface area is 132 Å². The van der Waals surface area contributed by atoms with Crippen LogP contribution in [0.3, 0.4) is 0 Å². The van der Waals surface area contributed by atoms with Crippen LogP contribution in [-0.2, 0) is 10.0 Å². The third-order valence-electron chi connectivity index (χ3n) is 4.01. The molecule has 1 aliphatic heterocycles. The minimum atomic E-state index is -3.12. The number of nitrogens with two attached hydrogens (primary N) is 1. The van der Waals surface area contributed by atoms with Crippen LogP contribution in [0.2, 0.25) is 0 Å². The van der Waals surface area contributed by atoms with Crippen LogP contribution in [0.25, 0.3) is 0 Å². The first-order valence-corrected chi connectivity index (χ1v) is 9.94. The van der Waals surface area contributed by atoms with Gasteiger partial charge < -0.3 is 5.73 Å². The van der Waals surface area contributed by atoms with E-state index in [1.54, 1.807) is 16.1 Å². The second kappa shape index (κ2) is 7.03. The Hall–Kier alpha value is -0.720. The summed E-state index contributed by atoms with van der Waals surface area (Å²) in [5.41, 5.74) is 6.36. The Balaban J connectivity index is 1.83. The van der Waals surface area contributed by atoms with E-state index in [2.05, 4.69) is 13.8 Å².